The molecule has 1 aliphatic rings. The third-order valence-electron chi connectivity index (χ3n) is 4.88. The van der Waals surface area contributed by atoms with Crippen LogP contribution in [0.2, 0.25) is 0 Å². The Kier molecular flexibility index (Phi) is 5.34. The van der Waals surface area contributed by atoms with Gasteiger partial charge in [-0.05, 0) is 37.4 Å². The van der Waals surface area contributed by atoms with E-state index < -0.39 is 0 Å². The molecule has 0 unspecified atom stereocenters. The molecule has 0 bridgehead atoms. The molecule has 0 amide bonds. The molecule has 28 heavy (non-hydrogen) atoms. The lowest BCUT2D eigenvalue weighted by atomic mass is 10.2. The van der Waals surface area contributed by atoms with E-state index in [0.717, 1.165) is 49.0 Å². The molecule has 7 nitrogen and oxygen atoms in total. The van der Waals surface area contributed by atoms with E-state index >= 15 is 0 Å². The molecule has 3 aromatic rings. The van der Waals surface area contributed by atoms with E-state index in [9.17, 15) is 0 Å². The van der Waals surface area contributed by atoms with Crippen LogP contribution >= 0.6 is 0 Å². The fraction of sp³-hybridized carbons (Fsp3) is 0.286. The number of ether oxygens (including phenoxy) is 1. The third-order valence-corrected chi connectivity index (χ3v) is 4.88. The summed E-state index contributed by atoms with van der Waals surface area (Å²) >= 11 is 0. The van der Waals surface area contributed by atoms with E-state index in [1.807, 2.05) is 30.3 Å². The fourth-order valence-corrected chi connectivity index (χ4v) is 3.24. The molecule has 4 rings (SSSR count). The van der Waals surface area contributed by atoms with Gasteiger partial charge in [0.2, 0.25) is 5.95 Å². The molecule has 144 valence electrons. The average molecular weight is 376 g/mol. The first-order valence-corrected chi connectivity index (χ1v) is 9.36. The van der Waals surface area contributed by atoms with Gasteiger partial charge in [-0.2, -0.15) is 0 Å². The monoisotopic (exact) mass is 376 g/mol. The Morgan fingerprint density at radius 3 is 2.54 bits per heavy atom. The van der Waals surface area contributed by atoms with Crippen molar-refractivity contribution in [3.05, 3.63) is 54.9 Å². The Balaban J connectivity index is 1.55. The summed E-state index contributed by atoms with van der Waals surface area (Å²) in [5.41, 5.74) is 3.58. The van der Waals surface area contributed by atoms with Gasteiger partial charge in [-0.3, -0.25) is 4.98 Å². The summed E-state index contributed by atoms with van der Waals surface area (Å²) in [7, 11) is 3.84. The van der Waals surface area contributed by atoms with Crippen molar-refractivity contribution in [3.8, 4) is 17.1 Å². The van der Waals surface area contributed by atoms with Gasteiger partial charge < -0.3 is 19.9 Å². The van der Waals surface area contributed by atoms with E-state index in [1.165, 1.54) is 5.69 Å². The fourth-order valence-electron chi connectivity index (χ4n) is 3.24. The van der Waals surface area contributed by atoms with Crippen LogP contribution in [0.25, 0.3) is 11.4 Å². The molecule has 0 saturated carbocycles. The second-order valence-electron chi connectivity index (χ2n) is 6.78. The van der Waals surface area contributed by atoms with E-state index in [1.54, 1.807) is 19.5 Å². The Morgan fingerprint density at radius 2 is 1.79 bits per heavy atom. The van der Waals surface area contributed by atoms with E-state index in [4.69, 9.17) is 4.74 Å². The van der Waals surface area contributed by atoms with Gasteiger partial charge in [0.1, 0.15) is 5.75 Å². The van der Waals surface area contributed by atoms with Crippen LogP contribution in [0, 0.1) is 0 Å². The summed E-state index contributed by atoms with van der Waals surface area (Å²) < 4.78 is 5.62. The van der Waals surface area contributed by atoms with Gasteiger partial charge in [0.15, 0.2) is 0 Å². The van der Waals surface area contributed by atoms with E-state index in [2.05, 4.69) is 49.2 Å². The summed E-state index contributed by atoms with van der Waals surface area (Å²) in [6.45, 7) is 4.16. The molecule has 2 aromatic heterocycles. The van der Waals surface area contributed by atoms with Crippen LogP contribution in [0.15, 0.2) is 54.9 Å². The van der Waals surface area contributed by atoms with Crippen LogP contribution < -0.4 is 15.0 Å². The van der Waals surface area contributed by atoms with Crippen molar-refractivity contribution in [2.24, 2.45) is 0 Å². The second-order valence-corrected chi connectivity index (χ2v) is 6.78. The number of nitrogens with one attached hydrogen (secondary N) is 1. The van der Waals surface area contributed by atoms with Gasteiger partial charge in [-0.1, -0.05) is 6.07 Å². The normalized spacial score (nSPS) is 14.7. The molecular formula is C21H24N6O. The van der Waals surface area contributed by atoms with Crippen LogP contribution in [0.5, 0.6) is 5.75 Å². The van der Waals surface area contributed by atoms with Gasteiger partial charge >= 0.3 is 0 Å². The van der Waals surface area contributed by atoms with Gasteiger partial charge in [0, 0.05) is 50.3 Å². The largest absolute Gasteiger partial charge is 0.494 e. The number of pyridine rings is 1. The highest BCUT2D eigenvalue weighted by Crippen LogP contribution is 2.32. The van der Waals surface area contributed by atoms with Crippen molar-refractivity contribution < 1.29 is 4.74 Å². The van der Waals surface area contributed by atoms with E-state index in [-0.39, 0.29) is 0 Å². The molecule has 0 aliphatic carbocycles. The lowest BCUT2D eigenvalue weighted by molar-refractivity contribution is 0.312. The summed E-state index contributed by atoms with van der Waals surface area (Å²) in [6.07, 6.45) is 3.48. The smallest absolute Gasteiger partial charge is 0.227 e. The van der Waals surface area contributed by atoms with Gasteiger partial charge in [0.25, 0.3) is 0 Å². The first-order chi connectivity index (χ1) is 13.7. The lowest BCUT2D eigenvalue weighted by Crippen LogP contribution is -2.44. The molecule has 0 radical (unpaired) electrons. The number of anilines is 3. The molecule has 1 aromatic carbocycles. The summed E-state index contributed by atoms with van der Waals surface area (Å²) in [4.78, 5) is 18.0. The molecule has 7 heteroatoms. The van der Waals surface area contributed by atoms with Crippen molar-refractivity contribution in [1.82, 2.24) is 19.9 Å². The predicted molar refractivity (Wildman–Crippen MR) is 111 cm³/mol. The third kappa shape index (κ3) is 4.04. The minimum absolute atomic E-state index is 0.508. The number of piperazine rings is 1. The minimum atomic E-state index is 0.508. The first kappa shape index (κ1) is 18.2. The Hall–Kier alpha value is -3.19. The number of aromatic nitrogens is 3. The second kappa shape index (κ2) is 8.22. The topological polar surface area (TPSA) is 66.4 Å². The Bertz CT molecular complexity index is 925. The molecule has 0 atom stereocenters. The van der Waals surface area contributed by atoms with Crippen molar-refractivity contribution in [2.75, 3.05) is 50.6 Å². The Morgan fingerprint density at radius 1 is 0.929 bits per heavy atom. The SMILES string of the molecule is COc1cc(N2CCN(C)CC2)ccc1Nc1nccc(-c2ccccn2)n1. The van der Waals surface area contributed by atoms with Gasteiger partial charge in [0.05, 0.1) is 24.2 Å². The van der Waals surface area contributed by atoms with Gasteiger partial charge in [-0.15, -0.1) is 0 Å². The number of nitrogens with zero attached hydrogens (tertiary/aromatic N) is 5. The van der Waals surface area contributed by atoms with Gasteiger partial charge in [-0.25, -0.2) is 9.97 Å². The maximum absolute atomic E-state index is 5.62. The first-order valence-electron chi connectivity index (χ1n) is 9.36. The average Bonchev–Trinajstić information content (AvgIpc) is 2.75. The van der Waals surface area contributed by atoms with Crippen LogP contribution in [-0.4, -0.2) is 60.2 Å². The maximum atomic E-state index is 5.62. The molecule has 3 heterocycles. The molecule has 1 fully saturated rings. The Labute approximate surface area is 165 Å². The van der Waals surface area contributed by atoms with Crippen LogP contribution in [0.4, 0.5) is 17.3 Å². The summed E-state index contributed by atoms with van der Waals surface area (Å²) in [5, 5.41) is 3.27. The number of hydrogen-bond donors (Lipinski definition) is 1. The number of rotatable bonds is 5. The highest BCUT2D eigenvalue weighted by Gasteiger charge is 2.16. The highest BCUT2D eigenvalue weighted by molar-refractivity contribution is 5.69. The van der Waals surface area contributed by atoms with Crippen LogP contribution in [0.1, 0.15) is 0 Å². The van der Waals surface area contributed by atoms with Crippen molar-refractivity contribution in [2.45, 2.75) is 0 Å². The van der Waals surface area contributed by atoms with E-state index in [0.29, 0.717) is 5.95 Å². The maximum Gasteiger partial charge on any atom is 0.227 e. The highest BCUT2D eigenvalue weighted by atomic mass is 16.5. The number of hydrogen-bond acceptors (Lipinski definition) is 7. The number of likely N-dealkylation sites (N-methyl/N-ethyl adjacent to an activating group) is 1. The zero-order valence-corrected chi connectivity index (χ0v) is 16.2. The molecule has 0 spiro atoms. The molecule has 1 saturated heterocycles. The zero-order chi connectivity index (χ0) is 19.3. The van der Waals surface area contributed by atoms with Crippen LogP contribution in [0.3, 0.4) is 0 Å². The van der Waals surface area contributed by atoms with Crippen molar-refractivity contribution >= 4 is 17.3 Å². The summed E-state index contributed by atoms with van der Waals surface area (Å²) in [5.74, 6) is 1.28. The standard InChI is InChI=1S/C21H24N6O/c1-26-11-13-27(14-12-26)16-6-7-19(20(15-16)28-2)25-21-23-10-8-18(24-21)17-5-3-4-9-22-17/h3-10,15H,11-14H2,1-2H3,(H,23,24,25). The molecule has 1 aliphatic heterocycles. The van der Waals surface area contributed by atoms with Crippen molar-refractivity contribution in [1.29, 1.82) is 0 Å². The van der Waals surface area contributed by atoms with Crippen molar-refractivity contribution in [3.63, 3.8) is 0 Å². The number of methoxy groups -OCH3 is 1. The summed E-state index contributed by atoms with van der Waals surface area (Å²) in [6, 6.07) is 13.8. The van der Waals surface area contributed by atoms with Crippen LogP contribution in [-0.2, 0) is 0 Å². The molecular weight excluding hydrogens is 352 g/mol. The minimum Gasteiger partial charge on any atom is -0.494 e. The molecule has 1 N–H and O–H groups in total. The quantitative estimate of drug-likeness (QED) is 0.734. The number of benzene rings is 1. The lowest BCUT2D eigenvalue weighted by Gasteiger charge is -2.34. The zero-order valence-electron chi connectivity index (χ0n) is 16.2. The predicted octanol–water partition coefficient (Wildman–Crippen LogP) is 3.04.